The SMILES string of the molecule is c1ccc(N(c2ccc(-c3cccc4c3oc3c4ccc4sc5ccccc5c43)cc2)c2ccc3ccc4ccccc4c3c2)cc1. The second kappa shape index (κ2) is 10.3. The monoisotopic (exact) mass is 617 g/mol. The van der Waals surface area contributed by atoms with E-state index in [4.69, 9.17) is 4.42 Å². The van der Waals surface area contributed by atoms with Crippen molar-refractivity contribution in [3.8, 4) is 11.1 Å². The molecular formula is C44H27NOS. The summed E-state index contributed by atoms with van der Waals surface area (Å²) in [5, 5.41) is 9.78. The van der Waals surface area contributed by atoms with Crippen LogP contribution in [-0.2, 0) is 0 Å². The number of benzene rings is 8. The minimum Gasteiger partial charge on any atom is -0.455 e. The fourth-order valence-corrected chi connectivity index (χ4v) is 8.34. The summed E-state index contributed by atoms with van der Waals surface area (Å²) < 4.78 is 9.35. The van der Waals surface area contributed by atoms with Gasteiger partial charge in [0.1, 0.15) is 11.2 Å². The molecule has 2 nitrogen and oxygen atoms in total. The molecule has 8 aromatic carbocycles. The third kappa shape index (κ3) is 4.10. The Balaban J connectivity index is 1.12. The summed E-state index contributed by atoms with van der Waals surface area (Å²) >= 11 is 1.82. The van der Waals surface area contributed by atoms with Crippen LogP contribution in [0.15, 0.2) is 168 Å². The maximum Gasteiger partial charge on any atom is 0.144 e. The largest absolute Gasteiger partial charge is 0.455 e. The molecule has 0 bridgehead atoms. The first kappa shape index (κ1) is 26.3. The first-order chi connectivity index (χ1) is 23.3. The predicted molar refractivity (Wildman–Crippen MR) is 202 cm³/mol. The first-order valence-electron chi connectivity index (χ1n) is 15.9. The lowest BCUT2D eigenvalue weighted by atomic mass is 10.00. The Kier molecular flexibility index (Phi) is 5.78. The molecule has 0 radical (unpaired) electrons. The Bertz CT molecular complexity index is 2790. The first-order valence-corrected chi connectivity index (χ1v) is 16.7. The summed E-state index contributed by atoms with van der Waals surface area (Å²) in [6.07, 6.45) is 0. The van der Waals surface area contributed by atoms with Crippen LogP contribution in [0.5, 0.6) is 0 Å². The van der Waals surface area contributed by atoms with E-state index in [-0.39, 0.29) is 0 Å². The zero-order chi connectivity index (χ0) is 30.9. The predicted octanol–water partition coefficient (Wildman–Crippen LogP) is 13.4. The van der Waals surface area contributed by atoms with Gasteiger partial charge in [-0.1, -0.05) is 109 Å². The highest BCUT2D eigenvalue weighted by atomic mass is 32.1. The Morgan fingerprint density at radius 1 is 0.404 bits per heavy atom. The minimum absolute atomic E-state index is 0.930. The van der Waals surface area contributed by atoms with Gasteiger partial charge in [0.05, 0.1) is 0 Å². The zero-order valence-corrected chi connectivity index (χ0v) is 26.2. The number of hydrogen-bond acceptors (Lipinski definition) is 3. The standard InChI is InChI=1S/C44H27NOS/c1-2-10-31(11-3-1)45(33-24-21-30-18-17-28-9-4-5-12-34(28)39(30)27-33)32-22-19-29(20-23-32)35-14-8-15-36-37-25-26-41-42(44(37)46-43(35)36)38-13-6-7-16-40(38)47-41/h1-27H. The van der Waals surface area contributed by atoms with Crippen LogP contribution >= 0.6 is 11.3 Å². The average molecular weight is 618 g/mol. The molecule has 0 atom stereocenters. The lowest BCUT2D eigenvalue weighted by Gasteiger charge is -2.26. The van der Waals surface area contributed by atoms with Gasteiger partial charge in [0.25, 0.3) is 0 Å². The molecule has 2 aromatic heterocycles. The van der Waals surface area contributed by atoms with Crippen LogP contribution < -0.4 is 4.90 Å². The van der Waals surface area contributed by atoms with E-state index in [1.807, 2.05) is 11.3 Å². The van der Waals surface area contributed by atoms with Crippen LogP contribution in [0, 0.1) is 0 Å². The number of furan rings is 1. The number of para-hydroxylation sites is 2. The Labute approximate surface area is 275 Å². The van der Waals surface area contributed by atoms with Crippen molar-refractivity contribution in [2.75, 3.05) is 4.90 Å². The van der Waals surface area contributed by atoms with Crippen LogP contribution in [-0.4, -0.2) is 0 Å². The summed E-state index contributed by atoms with van der Waals surface area (Å²) in [7, 11) is 0. The minimum atomic E-state index is 0.930. The molecule has 3 heteroatoms. The molecule has 0 amide bonds. The molecule has 10 aromatic rings. The summed E-state index contributed by atoms with van der Waals surface area (Å²) in [6.45, 7) is 0. The number of nitrogens with zero attached hydrogens (tertiary/aromatic N) is 1. The van der Waals surface area contributed by atoms with E-state index in [0.29, 0.717) is 0 Å². The van der Waals surface area contributed by atoms with Crippen molar-refractivity contribution in [3.05, 3.63) is 164 Å². The van der Waals surface area contributed by atoms with Crippen molar-refractivity contribution in [2.24, 2.45) is 0 Å². The van der Waals surface area contributed by atoms with Crippen LogP contribution in [0.3, 0.4) is 0 Å². The fourth-order valence-electron chi connectivity index (χ4n) is 7.24. The molecule has 47 heavy (non-hydrogen) atoms. The Morgan fingerprint density at radius 2 is 1.06 bits per heavy atom. The smallest absolute Gasteiger partial charge is 0.144 e. The number of hydrogen-bond donors (Lipinski definition) is 0. The van der Waals surface area contributed by atoms with Gasteiger partial charge in [0, 0.05) is 53.6 Å². The topological polar surface area (TPSA) is 16.4 Å². The molecule has 0 saturated carbocycles. The highest BCUT2D eigenvalue weighted by Gasteiger charge is 2.18. The van der Waals surface area contributed by atoms with Gasteiger partial charge in [-0.05, 0) is 81.7 Å². The van der Waals surface area contributed by atoms with Gasteiger partial charge < -0.3 is 9.32 Å². The van der Waals surface area contributed by atoms with Crippen molar-refractivity contribution in [2.45, 2.75) is 0 Å². The maximum absolute atomic E-state index is 6.81. The molecule has 0 saturated heterocycles. The number of anilines is 3. The van der Waals surface area contributed by atoms with Crippen LogP contribution in [0.25, 0.3) is 74.8 Å². The Hall–Kier alpha value is -5.90. The van der Waals surface area contributed by atoms with Crippen LogP contribution in [0.1, 0.15) is 0 Å². The van der Waals surface area contributed by atoms with E-state index in [0.717, 1.165) is 50.1 Å². The summed E-state index contributed by atoms with van der Waals surface area (Å²) in [5.74, 6) is 0. The van der Waals surface area contributed by atoms with Gasteiger partial charge >= 0.3 is 0 Å². The van der Waals surface area contributed by atoms with Gasteiger partial charge in [-0.2, -0.15) is 0 Å². The third-order valence-corrected chi connectivity index (χ3v) is 10.6. The Morgan fingerprint density at radius 3 is 1.94 bits per heavy atom. The molecule has 0 aliphatic rings. The van der Waals surface area contributed by atoms with E-state index in [1.54, 1.807) is 0 Å². The van der Waals surface area contributed by atoms with Crippen molar-refractivity contribution in [3.63, 3.8) is 0 Å². The number of rotatable bonds is 4. The zero-order valence-electron chi connectivity index (χ0n) is 25.4. The van der Waals surface area contributed by atoms with Gasteiger partial charge in [-0.15, -0.1) is 11.3 Å². The second-order valence-electron chi connectivity index (χ2n) is 12.1. The molecule has 0 N–H and O–H groups in total. The highest BCUT2D eigenvalue weighted by Crippen LogP contribution is 2.44. The molecule has 0 aliphatic carbocycles. The summed E-state index contributed by atoms with van der Waals surface area (Å²) in [5.41, 5.74) is 7.47. The second-order valence-corrected chi connectivity index (χ2v) is 13.2. The molecule has 2 heterocycles. The van der Waals surface area contributed by atoms with Crippen molar-refractivity contribution in [1.29, 1.82) is 0 Å². The molecule has 0 fully saturated rings. The number of fused-ring (bicyclic) bond motifs is 10. The summed E-state index contributed by atoms with van der Waals surface area (Å²) in [6, 6.07) is 58.9. The van der Waals surface area contributed by atoms with Gasteiger partial charge in [0.15, 0.2) is 0 Å². The highest BCUT2D eigenvalue weighted by molar-refractivity contribution is 7.26. The van der Waals surface area contributed by atoms with Gasteiger partial charge in [-0.3, -0.25) is 0 Å². The normalized spacial score (nSPS) is 11.8. The van der Waals surface area contributed by atoms with Gasteiger partial charge in [-0.25, -0.2) is 0 Å². The van der Waals surface area contributed by atoms with E-state index >= 15 is 0 Å². The van der Waals surface area contributed by atoms with Crippen LogP contribution in [0.4, 0.5) is 17.1 Å². The van der Waals surface area contributed by atoms with E-state index in [9.17, 15) is 0 Å². The lowest BCUT2D eigenvalue weighted by Crippen LogP contribution is -2.09. The quantitative estimate of drug-likeness (QED) is 0.183. The summed E-state index contributed by atoms with van der Waals surface area (Å²) in [4.78, 5) is 2.34. The van der Waals surface area contributed by atoms with Gasteiger partial charge in [0.2, 0.25) is 0 Å². The van der Waals surface area contributed by atoms with Crippen molar-refractivity contribution < 1.29 is 4.42 Å². The molecule has 0 spiro atoms. The molecule has 0 aliphatic heterocycles. The van der Waals surface area contributed by atoms with E-state index in [1.165, 1.54) is 41.7 Å². The molecule has 10 rings (SSSR count). The number of thiophene rings is 1. The van der Waals surface area contributed by atoms with Crippen molar-refractivity contribution in [1.82, 2.24) is 0 Å². The molecule has 220 valence electrons. The molecule has 0 unspecified atom stereocenters. The van der Waals surface area contributed by atoms with Crippen molar-refractivity contribution >= 4 is 92.1 Å². The maximum atomic E-state index is 6.81. The lowest BCUT2D eigenvalue weighted by molar-refractivity contribution is 0.674. The average Bonchev–Trinajstić information content (AvgIpc) is 3.71. The fraction of sp³-hybridized carbons (Fsp3) is 0. The van der Waals surface area contributed by atoms with Crippen LogP contribution in [0.2, 0.25) is 0 Å². The third-order valence-electron chi connectivity index (χ3n) is 9.44. The molecular weight excluding hydrogens is 591 g/mol. The van der Waals surface area contributed by atoms with E-state index < -0.39 is 0 Å². The van der Waals surface area contributed by atoms with E-state index in [2.05, 4.69) is 169 Å².